The number of allylic oxidation sites excluding steroid dienone is 1. The van der Waals surface area contributed by atoms with Gasteiger partial charge in [0.05, 0.1) is 34.7 Å². The molecule has 0 aromatic carbocycles. The van der Waals surface area contributed by atoms with E-state index in [1.165, 1.54) is 32.1 Å². The number of aliphatic hydroxyl groups excluding tert-OH is 2. The molecule has 2 rings (SSSR count). The third-order valence-corrected chi connectivity index (χ3v) is 7.97. The van der Waals surface area contributed by atoms with Gasteiger partial charge in [-0.05, 0) is 50.7 Å². The van der Waals surface area contributed by atoms with E-state index in [0.717, 1.165) is 11.1 Å². The number of aromatic nitrogens is 1. The molecule has 0 saturated heterocycles. The predicted molar refractivity (Wildman–Crippen MR) is 137 cm³/mol. The van der Waals surface area contributed by atoms with Gasteiger partial charge in [-0.3, -0.25) is 9.59 Å². The summed E-state index contributed by atoms with van der Waals surface area (Å²) in [7, 11) is 0. The molecule has 0 bridgehead atoms. The van der Waals surface area contributed by atoms with E-state index in [1.807, 2.05) is 6.92 Å². The molecule has 0 fully saturated rings. The number of nitrogens with zero attached hydrogens (tertiary/aromatic N) is 1. The third-order valence-electron chi connectivity index (χ3n) is 7.18. The molecule has 1 aliphatic rings. The molecule has 0 radical (unpaired) electrons. The van der Waals surface area contributed by atoms with Crippen LogP contribution in [0.4, 0.5) is 13.2 Å². The molecule has 2 N–H and O–H groups in total. The van der Waals surface area contributed by atoms with Crippen molar-refractivity contribution in [1.82, 2.24) is 4.98 Å². The minimum absolute atomic E-state index is 0.161. The third kappa shape index (κ3) is 8.48. The molecule has 37 heavy (non-hydrogen) atoms. The lowest BCUT2D eigenvalue weighted by atomic mass is 9.73. The van der Waals surface area contributed by atoms with Crippen LogP contribution in [0.25, 0.3) is 6.08 Å². The van der Waals surface area contributed by atoms with Crippen molar-refractivity contribution in [2.24, 2.45) is 17.3 Å². The first-order valence-corrected chi connectivity index (χ1v) is 13.4. The normalized spacial score (nSPS) is 29.5. The minimum Gasteiger partial charge on any atom is -0.457 e. The first-order valence-electron chi connectivity index (χ1n) is 12.5. The zero-order valence-corrected chi connectivity index (χ0v) is 23.1. The molecule has 0 spiro atoms. The molecular weight excluding hydrogens is 507 g/mol. The lowest BCUT2D eigenvalue weighted by Crippen LogP contribution is -2.45. The summed E-state index contributed by atoms with van der Waals surface area (Å²) in [6, 6.07) is 0. The Kier molecular flexibility index (Phi) is 10.7. The van der Waals surface area contributed by atoms with Gasteiger partial charge < -0.3 is 14.9 Å². The molecule has 1 unspecified atom stereocenters. The molecule has 5 atom stereocenters. The number of hydrogen-bond donors (Lipinski definition) is 2. The van der Waals surface area contributed by atoms with E-state index in [0.29, 0.717) is 11.3 Å². The number of rotatable bonds is 2. The van der Waals surface area contributed by atoms with Crippen LogP contribution >= 0.6 is 11.3 Å². The number of thiazole rings is 1. The Morgan fingerprint density at radius 2 is 1.89 bits per heavy atom. The SMILES string of the molecule is CC(=Cc1csc(C)n1)C1CC=C(C(F)(F)F)CCC[C@H](C)[C@H](O)[C@@H](C)C(=O)C(C)(C)[C@@H](O)CC(=O)O1. The molecular formula is C27H38F3NO5S. The molecule has 0 aliphatic carbocycles. The van der Waals surface area contributed by atoms with Gasteiger partial charge in [0.25, 0.3) is 0 Å². The van der Waals surface area contributed by atoms with Crippen LogP contribution in [-0.4, -0.2) is 51.4 Å². The largest absolute Gasteiger partial charge is 0.457 e. The zero-order valence-electron chi connectivity index (χ0n) is 22.3. The first-order chi connectivity index (χ1) is 17.0. The summed E-state index contributed by atoms with van der Waals surface area (Å²) in [6.07, 6.45) is -5.89. The Balaban J connectivity index is 2.45. The average molecular weight is 546 g/mol. The maximum Gasteiger partial charge on any atom is 0.412 e. The van der Waals surface area contributed by atoms with Crippen LogP contribution in [0.2, 0.25) is 0 Å². The molecule has 10 heteroatoms. The molecule has 1 aromatic heterocycles. The lowest BCUT2D eigenvalue weighted by molar-refractivity contribution is -0.154. The molecule has 0 saturated carbocycles. The number of aliphatic hydroxyl groups is 2. The van der Waals surface area contributed by atoms with Crippen molar-refractivity contribution < 1.29 is 37.7 Å². The van der Waals surface area contributed by atoms with Gasteiger partial charge in [0.1, 0.15) is 11.9 Å². The number of ketones is 1. The summed E-state index contributed by atoms with van der Waals surface area (Å²) in [4.78, 5) is 30.3. The van der Waals surface area contributed by atoms with E-state index in [-0.39, 0.29) is 25.7 Å². The maximum absolute atomic E-state index is 13.8. The number of ether oxygens (including phenoxy) is 1. The van der Waals surface area contributed by atoms with Crippen LogP contribution in [0.3, 0.4) is 0 Å². The second kappa shape index (κ2) is 12.7. The Morgan fingerprint density at radius 3 is 2.46 bits per heavy atom. The first kappa shape index (κ1) is 31.2. The number of halogens is 3. The van der Waals surface area contributed by atoms with Gasteiger partial charge in [0.2, 0.25) is 0 Å². The number of alkyl halides is 3. The number of carbonyl (C=O) groups excluding carboxylic acids is 2. The molecule has 0 amide bonds. The lowest BCUT2D eigenvalue weighted by Gasteiger charge is -2.34. The molecule has 1 aliphatic heterocycles. The van der Waals surface area contributed by atoms with Crippen molar-refractivity contribution in [3.05, 3.63) is 33.3 Å². The van der Waals surface area contributed by atoms with Gasteiger partial charge in [0.15, 0.2) is 0 Å². The summed E-state index contributed by atoms with van der Waals surface area (Å²) in [6.45, 7) is 9.73. The minimum atomic E-state index is -4.56. The number of carbonyl (C=O) groups is 2. The second-order valence-corrected chi connectivity index (χ2v) is 11.6. The highest BCUT2D eigenvalue weighted by molar-refractivity contribution is 7.09. The fraction of sp³-hybridized carbons (Fsp3) is 0.667. The summed E-state index contributed by atoms with van der Waals surface area (Å²) in [5.41, 5.74) is -0.966. The topological polar surface area (TPSA) is 96.7 Å². The van der Waals surface area contributed by atoms with Gasteiger partial charge in [-0.15, -0.1) is 11.3 Å². The van der Waals surface area contributed by atoms with Crippen LogP contribution in [0, 0.1) is 24.2 Å². The van der Waals surface area contributed by atoms with Gasteiger partial charge in [-0.2, -0.15) is 13.2 Å². The van der Waals surface area contributed by atoms with Crippen molar-refractivity contribution in [3.63, 3.8) is 0 Å². The number of hydrogen-bond acceptors (Lipinski definition) is 7. The summed E-state index contributed by atoms with van der Waals surface area (Å²) < 4.78 is 46.9. The highest BCUT2D eigenvalue weighted by Gasteiger charge is 2.42. The monoisotopic (exact) mass is 545 g/mol. The van der Waals surface area contributed by atoms with E-state index in [4.69, 9.17) is 4.74 Å². The van der Waals surface area contributed by atoms with Crippen molar-refractivity contribution in [3.8, 4) is 0 Å². The number of esters is 1. The van der Waals surface area contributed by atoms with Crippen molar-refractivity contribution in [2.75, 3.05) is 0 Å². The zero-order chi connectivity index (χ0) is 28.1. The van der Waals surface area contributed by atoms with E-state index in [1.54, 1.807) is 25.3 Å². The molecule has 208 valence electrons. The van der Waals surface area contributed by atoms with E-state index < -0.39 is 65.5 Å². The standard InChI is InChI=1S/C27H38F3NO5S/c1-15-8-7-9-19(27(28,29)30)10-11-21(16(2)12-20-14-37-18(4)31-20)36-23(33)13-22(32)26(5,6)25(35)17(3)24(15)34/h10,12,14-15,17,21-22,24,32,34H,7-9,11,13H2,1-6H3/t15-,17+,21?,22-,24-/m0/s1. The number of cyclic esters (lactones) is 1. The van der Waals surface area contributed by atoms with Gasteiger partial charge >= 0.3 is 12.1 Å². The van der Waals surface area contributed by atoms with Crippen LogP contribution in [0.1, 0.15) is 77.4 Å². The summed E-state index contributed by atoms with van der Waals surface area (Å²) >= 11 is 1.42. The van der Waals surface area contributed by atoms with E-state index in [9.17, 15) is 33.0 Å². The summed E-state index contributed by atoms with van der Waals surface area (Å²) in [5.74, 6) is -2.57. The fourth-order valence-electron chi connectivity index (χ4n) is 4.51. The van der Waals surface area contributed by atoms with E-state index in [2.05, 4.69) is 4.98 Å². The molecule has 6 nitrogen and oxygen atoms in total. The Morgan fingerprint density at radius 1 is 1.24 bits per heavy atom. The smallest absolute Gasteiger partial charge is 0.412 e. The Labute approximate surface area is 220 Å². The van der Waals surface area contributed by atoms with Crippen molar-refractivity contribution >= 4 is 29.2 Å². The molecule has 2 heterocycles. The predicted octanol–water partition coefficient (Wildman–Crippen LogP) is 5.81. The average Bonchev–Trinajstić information content (AvgIpc) is 3.21. The summed E-state index contributed by atoms with van der Waals surface area (Å²) in [5, 5.41) is 24.1. The number of Topliss-reactive ketones (excluding diaryl/α,β-unsaturated/α-hetero) is 1. The highest BCUT2D eigenvalue weighted by atomic mass is 32.1. The van der Waals surface area contributed by atoms with Crippen LogP contribution in [0.5, 0.6) is 0 Å². The Hall–Kier alpha value is -2.04. The van der Waals surface area contributed by atoms with Gasteiger partial charge in [-0.25, -0.2) is 4.98 Å². The van der Waals surface area contributed by atoms with Crippen molar-refractivity contribution in [1.29, 1.82) is 0 Å². The molecule has 1 aromatic rings. The fourth-order valence-corrected chi connectivity index (χ4v) is 5.08. The highest BCUT2D eigenvalue weighted by Crippen LogP contribution is 2.35. The van der Waals surface area contributed by atoms with E-state index >= 15 is 0 Å². The Bertz CT molecular complexity index is 1010. The van der Waals surface area contributed by atoms with Crippen molar-refractivity contribution in [2.45, 2.75) is 98.1 Å². The van der Waals surface area contributed by atoms with Crippen LogP contribution in [-0.2, 0) is 14.3 Å². The van der Waals surface area contributed by atoms with Crippen LogP contribution in [0.15, 0.2) is 22.6 Å². The van der Waals surface area contributed by atoms with Gasteiger partial charge in [-0.1, -0.05) is 33.8 Å². The maximum atomic E-state index is 13.8. The quantitative estimate of drug-likeness (QED) is 0.360. The second-order valence-electron chi connectivity index (χ2n) is 10.6. The van der Waals surface area contributed by atoms with Gasteiger partial charge in [0, 0.05) is 23.3 Å². The van der Waals surface area contributed by atoms with Crippen LogP contribution < -0.4 is 0 Å². The number of aryl methyl sites for hydroxylation is 1.